The van der Waals surface area contributed by atoms with Crippen LogP contribution in [0.15, 0.2) is 29.2 Å². The molecule has 0 radical (unpaired) electrons. The van der Waals surface area contributed by atoms with Crippen molar-refractivity contribution in [3.63, 3.8) is 0 Å². The van der Waals surface area contributed by atoms with Crippen LogP contribution < -0.4 is 10.6 Å². The normalized spacial score (nSPS) is 9.65. The van der Waals surface area contributed by atoms with E-state index in [1.807, 2.05) is 24.3 Å². The molecule has 0 aliphatic carbocycles. The van der Waals surface area contributed by atoms with Crippen molar-refractivity contribution >= 4 is 23.4 Å². The molecule has 90 valence electrons. The molecule has 1 rings (SSSR count). The van der Waals surface area contributed by atoms with Gasteiger partial charge in [-0.05, 0) is 17.9 Å². The average molecular weight is 248 g/mol. The van der Waals surface area contributed by atoms with Crippen LogP contribution in [-0.4, -0.2) is 24.7 Å². The average Bonchev–Trinajstić information content (AvgIpc) is 2.32. The Hall–Kier alpha value is -1.44. The van der Waals surface area contributed by atoms with Gasteiger partial charge in [0.1, 0.15) is 0 Å². The first kappa shape index (κ1) is 13.6. The van der Waals surface area contributed by atoms with Crippen LogP contribution >= 0.6 is 11.8 Å². The Morgan fingerprint density at radius 1 is 1.47 bits per heavy atom. The molecule has 0 bridgehead atoms. The van der Waals surface area contributed by atoms with Crippen LogP contribution in [0, 0.1) is 12.3 Å². The van der Waals surface area contributed by atoms with E-state index >= 15 is 0 Å². The standard InChI is InChI=1S/C13H16N2OS/c1-3-9-14-10-13(16)15-11-7-5-6-8-12(11)17-4-2/h1,5-8,14H,4,9-10H2,2H3,(H,15,16). The molecule has 4 heteroatoms. The summed E-state index contributed by atoms with van der Waals surface area (Å²) in [6, 6.07) is 7.77. The Morgan fingerprint density at radius 2 is 2.24 bits per heavy atom. The molecule has 0 saturated heterocycles. The fourth-order valence-corrected chi connectivity index (χ4v) is 2.05. The Labute approximate surface area is 106 Å². The Kier molecular flexibility index (Phi) is 6.23. The Morgan fingerprint density at radius 3 is 2.94 bits per heavy atom. The van der Waals surface area contributed by atoms with Crippen LogP contribution in [0.2, 0.25) is 0 Å². The fourth-order valence-electron chi connectivity index (χ4n) is 1.29. The summed E-state index contributed by atoms with van der Waals surface area (Å²) in [6.07, 6.45) is 5.08. The molecule has 2 N–H and O–H groups in total. The van der Waals surface area contributed by atoms with Crippen molar-refractivity contribution in [3.8, 4) is 12.3 Å². The highest BCUT2D eigenvalue weighted by Gasteiger charge is 2.05. The second-order valence-electron chi connectivity index (χ2n) is 3.29. The van der Waals surface area contributed by atoms with Gasteiger partial charge in [0.2, 0.25) is 5.91 Å². The molecule has 0 spiro atoms. The second-order valence-corrected chi connectivity index (χ2v) is 4.59. The minimum atomic E-state index is -0.0793. The lowest BCUT2D eigenvalue weighted by Gasteiger charge is -2.09. The van der Waals surface area contributed by atoms with Crippen molar-refractivity contribution in [1.29, 1.82) is 0 Å². The lowest BCUT2D eigenvalue weighted by Crippen LogP contribution is -2.28. The molecule has 0 fully saturated rings. The number of carbonyl (C=O) groups is 1. The quantitative estimate of drug-likeness (QED) is 0.459. The van der Waals surface area contributed by atoms with Gasteiger partial charge in [0, 0.05) is 4.90 Å². The number of terminal acetylenes is 1. The van der Waals surface area contributed by atoms with Gasteiger partial charge in [0.05, 0.1) is 18.8 Å². The fraction of sp³-hybridized carbons (Fsp3) is 0.308. The number of hydrogen-bond donors (Lipinski definition) is 2. The lowest BCUT2D eigenvalue weighted by molar-refractivity contribution is -0.115. The molecular formula is C13H16N2OS. The van der Waals surface area contributed by atoms with E-state index in [1.165, 1.54) is 0 Å². The predicted molar refractivity (Wildman–Crippen MR) is 73.2 cm³/mol. The number of thioether (sulfide) groups is 1. The zero-order valence-electron chi connectivity index (χ0n) is 9.82. The van der Waals surface area contributed by atoms with Gasteiger partial charge in [-0.3, -0.25) is 10.1 Å². The Balaban J connectivity index is 2.55. The highest BCUT2D eigenvalue weighted by atomic mass is 32.2. The summed E-state index contributed by atoms with van der Waals surface area (Å²) >= 11 is 1.70. The molecule has 0 atom stereocenters. The number of benzene rings is 1. The van der Waals surface area contributed by atoms with Crippen LogP contribution in [-0.2, 0) is 4.79 Å². The number of hydrogen-bond acceptors (Lipinski definition) is 3. The molecule has 17 heavy (non-hydrogen) atoms. The van der Waals surface area contributed by atoms with Crippen LogP contribution in [0.3, 0.4) is 0 Å². The van der Waals surface area contributed by atoms with Crippen LogP contribution in [0.4, 0.5) is 5.69 Å². The van der Waals surface area contributed by atoms with Crippen molar-refractivity contribution in [3.05, 3.63) is 24.3 Å². The van der Waals surface area contributed by atoms with E-state index in [4.69, 9.17) is 6.42 Å². The third kappa shape index (κ3) is 4.94. The van der Waals surface area contributed by atoms with Crippen molar-refractivity contribution in [2.24, 2.45) is 0 Å². The van der Waals surface area contributed by atoms with Crippen molar-refractivity contribution in [1.82, 2.24) is 5.32 Å². The third-order valence-electron chi connectivity index (χ3n) is 1.97. The van der Waals surface area contributed by atoms with Gasteiger partial charge >= 0.3 is 0 Å². The van der Waals surface area contributed by atoms with E-state index in [9.17, 15) is 4.79 Å². The van der Waals surface area contributed by atoms with E-state index in [-0.39, 0.29) is 12.5 Å². The molecule has 0 aromatic heterocycles. The van der Waals surface area contributed by atoms with Gasteiger partial charge in [-0.25, -0.2) is 0 Å². The molecule has 1 amide bonds. The van der Waals surface area contributed by atoms with Gasteiger partial charge in [0.25, 0.3) is 0 Å². The first-order valence-electron chi connectivity index (χ1n) is 5.43. The van der Waals surface area contributed by atoms with Crippen molar-refractivity contribution in [2.75, 3.05) is 24.2 Å². The lowest BCUT2D eigenvalue weighted by atomic mass is 10.3. The molecular weight excluding hydrogens is 232 g/mol. The summed E-state index contributed by atoms with van der Waals surface area (Å²) in [5, 5.41) is 5.71. The molecule has 3 nitrogen and oxygen atoms in total. The zero-order chi connectivity index (χ0) is 12.5. The molecule has 0 unspecified atom stereocenters. The number of amides is 1. The third-order valence-corrected chi connectivity index (χ3v) is 2.93. The number of carbonyl (C=O) groups excluding carboxylic acids is 1. The first-order valence-corrected chi connectivity index (χ1v) is 6.42. The highest BCUT2D eigenvalue weighted by molar-refractivity contribution is 7.99. The van der Waals surface area contributed by atoms with Gasteiger partial charge < -0.3 is 5.32 Å². The van der Waals surface area contributed by atoms with Gasteiger partial charge in [-0.2, -0.15) is 0 Å². The summed E-state index contributed by atoms with van der Waals surface area (Å²) in [7, 11) is 0. The number of para-hydroxylation sites is 1. The van der Waals surface area contributed by atoms with E-state index in [0.717, 1.165) is 16.3 Å². The maximum absolute atomic E-state index is 11.6. The summed E-state index contributed by atoms with van der Waals surface area (Å²) in [5.74, 6) is 3.32. The first-order chi connectivity index (χ1) is 8.27. The molecule has 0 aliphatic rings. The SMILES string of the molecule is C#CCNCC(=O)Nc1ccccc1SCC. The number of nitrogens with one attached hydrogen (secondary N) is 2. The van der Waals surface area contributed by atoms with E-state index in [1.54, 1.807) is 11.8 Å². The largest absolute Gasteiger partial charge is 0.324 e. The molecule has 0 heterocycles. The molecule has 0 saturated carbocycles. The maximum atomic E-state index is 11.6. The predicted octanol–water partition coefficient (Wildman–Crippen LogP) is 1.96. The summed E-state index contributed by atoms with van der Waals surface area (Å²) in [5.41, 5.74) is 0.854. The van der Waals surface area contributed by atoms with Gasteiger partial charge in [0.15, 0.2) is 0 Å². The summed E-state index contributed by atoms with van der Waals surface area (Å²) < 4.78 is 0. The van der Waals surface area contributed by atoms with Gasteiger partial charge in [-0.1, -0.05) is 25.0 Å². The minimum absolute atomic E-state index is 0.0793. The monoisotopic (exact) mass is 248 g/mol. The van der Waals surface area contributed by atoms with Crippen molar-refractivity contribution < 1.29 is 4.79 Å². The molecule has 0 aliphatic heterocycles. The summed E-state index contributed by atoms with van der Waals surface area (Å²) in [4.78, 5) is 12.7. The van der Waals surface area contributed by atoms with Crippen molar-refractivity contribution in [2.45, 2.75) is 11.8 Å². The molecule has 1 aromatic rings. The topological polar surface area (TPSA) is 41.1 Å². The Bertz CT molecular complexity index is 412. The van der Waals surface area contributed by atoms with E-state index < -0.39 is 0 Å². The van der Waals surface area contributed by atoms with Crippen LogP contribution in [0.25, 0.3) is 0 Å². The van der Waals surface area contributed by atoms with Gasteiger partial charge in [-0.15, -0.1) is 18.2 Å². The van der Waals surface area contributed by atoms with Crippen LogP contribution in [0.1, 0.15) is 6.92 Å². The number of rotatable bonds is 6. The van der Waals surface area contributed by atoms with E-state index in [0.29, 0.717) is 6.54 Å². The second kappa shape index (κ2) is 7.77. The smallest absolute Gasteiger partial charge is 0.238 e. The minimum Gasteiger partial charge on any atom is -0.324 e. The highest BCUT2D eigenvalue weighted by Crippen LogP contribution is 2.26. The van der Waals surface area contributed by atoms with E-state index in [2.05, 4.69) is 23.5 Å². The summed E-state index contributed by atoms with van der Waals surface area (Å²) in [6.45, 7) is 2.71. The van der Waals surface area contributed by atoms with Crippen LogP contribution in [0.5, 0.6) is 0 Å². The number of anilines is 1. The maximum Gasteiger partial charge on any atom is 0.238 e. The molecule has 1 aromatic carbocycles. The zero-order valence-corrected chi connectivity index (χ0v) is 10.6.